The second-order valence-electron chi connectivity index (χ2n) is 5.10. The molecule has 0 atom stereocenters. The molecule has 0 amide bonds. The first-order chi connectivity index (χ1) is 8.99. The Balaban J connectivity index is 2.24. The fourth-order valence-corrected chi connectivity index (χ4v) is 1.86. The summed E-state index contributed by atoms with van der Waals surface area (Å²) in [7, 11) is 8.10. The summed E-state index contributed by atoms with van der Waals surface area (Å²) in [6.45, 7) is 1.76. The number of rotatable bonds is 5. The first-order valence-electron chi connectivity index (χ1n) is 6.33. The summed E-state index contributed by atoms with van der Waals surface area (Å²) in [5.74, 6) is 0.748. The van der Waals surface area contributed by atoms with E-state index in [2.05, 4.69) is 15.3 Å². The molecule has 2 heterocycles. The number of anilines is 3. The first kappa shape index (κ1) is 13.5. The number of nitrogens with one attached hydrogen (secondary N) is 1. The van der Waals surface area contributed by atoms with Crippen LogP contribution in [0.3, 0.4) is 0 Å². The van der Waals surface area contributed by atoms with E-state index in [4.69, 9.17) is 5.73 Å². The third kappa shape index (κ3) is 2.90. The van der Waals surface area contributed by atoms with E-state index in [-0.39, 0.29) is 0 Å². The summed E-state index contributed by atoms with van der Waals surface area (Å²) in [5.41, 5.74) is 8.88. The van der Waals surface area contributed by atoms with Gasteiger partial charge in [-0.3, -0.25) is 0 Å². The molecule has 0 bridgehead atoms. The number of nitrogen functional groups attached to an aromatic ring is 1. The molecule has 0 fully saturated rings. The molecular weight excluding hydrogens is 240 g/mol. The summed E-state index contributed by atoms with van der Waals surface area (Å²) in [6, 6.07) is 4.06. The number of pyridine rings is 1. The third-order valence-electron chi connectivity index (χ3n) is 3.02. The van der Waals surface area contributed by atoms with Crippen LogP contribution in [0.4, 0.5) is 17.2 Å². The molecule has 0 saturated carbocycles. The molecule has 2 rings (SSSR count). The Labute approximate surface area is 113 Å². The maximum absolute atomic E-state index is 6.15. The largest absolute Gasteiger partial charge is 0.394 e. The van der Waals surface area contributed by atoms with Gasteiger partial charge in [-0.25, -0.2) is 4.52 Å². The van der Waals surface area contributed by atoms with E-state index in [1.165, 1.54) is 0 Å². The van der Waals surface area contributed by atoms with Crippen LogP contribution in [0.2, 0.25) is 0 Å². The van der Waals surface area contributed by atoms with Gasteiger partial charge in [-0.05, 0) is 26.2 Å². The van der Waals surface area contributed by atoms with Gasteiger partial charge in [-0.1, -0.05) is 0 Å². The highest BCUT2D eigenvalue weighted by Gasteiger charge is 2.10. The molecule has 2 aromatic rings. The lowest BCUT2D eigenvalue weighted by atomic mass is 10.3. The normalized spacial score (nSPS) is 11.2. The van der Waals surface area contributed by atoms with Gasteiger partial charge in [0.1, 0.15) is 5.69 Å². The second kappa shape index (κ2) is 5.36. The van der Waals surface area contributed by atoms with Crippen molar-refractivity contribution in [1.29, 1.82) is 0 Å². The van der Waals surface area contributed by atoms with E-state index >= 15 is 0 Å². The molecule has 6 nitrogen and oxygen atoms in total. The number of hydrogen-bond acceptors (Lipinski definition) is 5. The smallest absolute Gasteiger partial charge is 0.172 e. The number of hydrogen-bond donors (Lipinski definition) is 2. The zero-order chi connectivity index (χ0) is 14.0. The van der Waals surface area contributed by atoms with Crippen molar-refractivity contribution in [3.8, 4) is 0 Å². The Kier molecular flexibility index (Phi) is 3.80. The molecule has 0 saturated heterocycles. The number of nitrogens with zero attached hydrogens (tertiary/aromatic N) is 4. The molecule has 0 aliphatic rings. The van der Waals surface area contributed by atoms with Crippen LogP contribution in [0.25, 0.3) is 5.52 Å². The van der Waals surface area contributed by atoms with Crippen molar-refractivity contribution in [2.24, 2.45) is 0 Å². The Morgan fingerprint density at radius 2 is 2.05 bits per heavy atom. The Hall–Kier alpha value is -1.95. The van der Waals surface area contributed by atoms with Crippen molar-refractivity contribution >= 4 is 22.7 Å². The summed E-state index contributed by atoms with van der Waals surface area (Å²) in [4.78, 5) is 4.16. The first-order valence-corrected chi connectivity index (χ1v) is 6.33. The monoisotopic (exact) mass is 262 g/mol. The van der Waals surface area contributed by atoms with Crippen molar-refractivity contribution < 1.29 is 0 Å². The van der Waals surface area contributed by atoms with Crippen molar-refractivity contribution in [3.05, 3.63) is 18.3 Å². The van der Waals surface area contributed by atoms with Gasteiger partial charge in [0.05, 0.1) is 5.52 Å². The molecule has 0 spiro atoms. The highest BCUT2D eigenvalue weighted by molar-refractivity contribution is 5.82. The molecule has 2 aromatic heterocycles. The van der Waals surface area contributed by atoms with Gasteiger partial charge in [0, 0.05) is 39.1 Å². The summed E-state index contributed by atoms with van der Waals surface area (Å²) in [5, 5.41) is 7.72. The predicted octanol–water partition coefficient (Wildman–Crippen LogP) is 0.956. The zero-order valence-corrected chi connectivity index (χ0v) is 12.0. The van der Waals surface area contributed by atoms with Crippen molar-refractivity contribution in [3.63, 3.8) is 0 Å². The Morgan fingerprint density at radius 3 is 2.68 bits per heavy atom. The van der Waals surface area contributed by atoms with Gasteiger partial charge in [0.25, 0.3) is 0 Å². The van der Waals surface area contributed by atoms with Crippen molar-refractivity contribution in [2.45, 2.75) is 0 Å². The molecule has 0 aliphatic heterocycles. The van der Waals surface area contributed by atoms with E-state index in [9.17, 15) is 0 Å². The van der Waals surface area contributed by atoms with Gasteiger partial charge in [-0.2, -0.15) is 0 Å². The van der Waals surface area contributed by atoms with Crippen LogP contribution in [0.15, 0.2) is 18.3 Å². The lowest BCUT2D eigenvalue weighted by Crippen LogP contribution is -2.21. The minimum Gasteiger partial charge on any atom is -0.394 e. The molecule has 0 aliphatic carbocycles. The topological polar surface area (TPSA) is 61.8 Å². The van der Waals surface area contributed by atoms with E-state index in [1.807, 2.05) is 51.4 Å². The van der Waals surface area contributed by atoms with Gasteiger partial charge in [0.2, 0.25) is 0 Å². The average molecular weight is 262 g/mol. The van der Waals surface area contributed by atoms with Gasteiger partial charge in [0.15, 0.2) is 5.82 Å². The fourth-order valence-electron chi connectivity index (χ4n) is 1.86. The lowest BCUT2D eigenvalue weighted by Gasteiger charge is -2.12. The molecule has 3 N–H and O–H groups in total. The van der Waals surface area contributed by atoms with Crippen LogP contribution < -0.4 is 16.0 Å². The minimum atomic E-state index is 0.697. The number of nitrogens with two attached hydrogens (primary N) is 1. The number of fused-ring (bicyclic) bond motifs is 1. The Morgan fingerprint density at radius 1 is 1.32 bits per heavy atom. The maximum atomic E-state index is 6.15. The zero-order valence-electron chi connectivity index (χ0n) is 12.0. The molecular formula is C13H22N6. The summed E-state index contributed by atoms with van der Waals surface area (Å²) >= 11 is 0. The van der Waals surface area contributed by atoms with E-state index in [1.54, 1.807) is 4.52 Å². The second-order valence-corrected chi connectivity index (χ2v) is 5.10. The number of likely N-dealkylation sites (N-methyl/N-ethyl adjacent to an activating group) is 1. The van der Waals surface area contributed by atoms with Crippen molar-refractivity contribution in [1.82, 2.24) is 14.5 Å². The SMILES string of the molecule is CN(C)CCNc1nn2ccc(N(C)C)cc2c1N. The van der Waals surface area contributed by atoms with Crippen LogP contribution in [0, 0.1) is 0 Å². The summed E-state index contributed by atoms with van der Waals surface area (Å²) < 4.78 is 1.81. The maximum Gasteiger partial charge on any atom is 0.172 e. The highest BCUT2D eigenvalue weighted by atomic mass is 15.3. The van der Waals surface area contributed by atoms with Gasteiger partial charge in [-0.15, -0.1) is 5.10 Å². The average Bonchev–Trinajstić information content (AvgIpc) is 2.66. The quantitative estimate of drug-likeness (QED) is 0.840. The van der Waals surface area contributed by atoms with Crippen molar-refractivity contribution in [2.75, 3.05) is 57.2 Å². The predicted molar refractivity (Wildman–Crippen MR) is 81.0 cm³/mol. The molecule has 104 valence electrons. The molecule has 19 heavy (non-hydrogen) atoms. The van der Waals surface area contributed by atoms with Gasteiger partial charge >= 0.3 is 0 Å². The fraction of sp³-hybridized carbons (Fsp3) is 0.462. The van der Waals surface area contributed by atoms with Gasteiger partial charge < -0.3 is 20.9 Å². The standard InChI is InChI=1S/C13H22N6/c1-17(2)8-6-15-13-12(14)11-9-10(18(3)4)5-7-19(11)16-13/h5,7,9H,6,8,14H2,1-4H3,(H,15,16). The molecule has 0 radical (unpaired) electrons. The third-order valence-corrected chi connectivity index (χ3v) is 3.02. The minimum absolute atomic E-state index is 0.697. The van der Waals surface area contributed by atoms with Crippen LogP contribution >= 0.6 is 0 Å². The lowest BCUT2D eigenvalue weighted by molar-refractivity contribution is 0.425. The summed E-state index contributed by atoms with van der Waals surface area (Å²) in [6.07, 6.45) is 1.93. The highest BCUT2D eigenvalue weighted by Crippen LogP contribution is 2.25. The van der Waals surface area contributed by atoms with Crippen LogP contribution in [0.1, 0.15) is 0 Å². The van der Waals surface area contributed by atoms with E-state index in [0.717, 1.165) is 30.1 Å². The molecule has 0 unspecified atom stereocenters. The van der Waals surface area contributed by atoms with Crippen LogP contribution in [-0.4, -0.2) is 55.8 Å². The Bertz CT molecular complexity index is 558. The molecule has 6 heteroatoms. The van der Waals surface area contributed by atoms with Crippen LogP contribution in [0.5, 0.6) is 0 Å². The molecule has 0 aromatic carbocycles. The van der Waals surface area contributed by atoms with E-state index in [0.29, 0.717) is 5.69 Å². The number of aromatic nitrogens is 2. The van der Waals surface area contributed by atoms with Crippen LogP contribution in [-0.2, 0) is 0 Å². The van der Waals surface area contributed by atoms with E-state index < -0.39 is 0 Å².